The molecule has 0 aliphatic heterocycles. The van der Waals surface area contributed by atoms with E-state index in [9.17, 15) is 9.90 Å². The molecule has 0 unspecified atom stereocenters. The molecule has 0 radical (unpaired) electrons. The number of benzene rings is 3. The van der Waals surface area contributed by atoms with Crippen molar-refractivity contribution in [3.8, 4) is 11.5 Å². The highest BCUT2D eigenvalue weighted by molar-refractivity contribution is 6.08. The molecule has 1 N–H and O–H groups in total. The van der Waals surface area contributed by atoms with Crippen LogP contribution >= 0.6 is 0 Å². The standard InChI is InChI=1S/C22H19NO3/c1-2-22(25)26-17-11-12-19-18-5-3-4-6-20(18)23(21(19)13-17)14-15-7-9-16(24)10-8-15/h3-13,24H,2,14H2,1H3. The zero-order valence-corrected chi connectivity index (χ0v) is 14.5. The molecular weight excluding hydrogens is 326 g/mol. The van der Waals surface area contributed by atoms with E-state index in [0.717, 1.165) is 27.4 Å². The van der Waals surface area contributed by atoms with Crippen LogP contribution in [-0.4, -0.2) is 15.6 Å². The molecule has 130 valence electrons. The number of nitrogens with zero attached hydrogens (tertiary/aromatic N) is 1. The van der Waals surface area contributed by atoms with E-state index >= 15 is 0 Å². The Morgan fingerprint density at radius 3 is 2.46 bits per heavy atom. The smallest absolute Gasteiger partial charge is 0.310 e. The summed E-state index contributed by atoms with van der Waals surface area (Å²) < 4.78 is 7.61. The summed E-state index contributed by atoms with van der Waals surface area (Å²) in [6, 6.07) is 21.2. The number of para-hydroxylation sites is 1. The minimum absolute atomic E-state index is 0.245. The minimum Gasteiger partial charge on any atom is -0.508 e. The first-order valence-electron chi connectivity index (χ1n) is 8.65. The van der Waals surface area contributed by atoms with E-state index < -0.39 is 0 Å². The Hall–Kier alpha value is -3.27. The van der Waals surface area contributed by atoms with Crippen molar-refractivity contribution in [2.24, 2.45) is 0 Å². The molecule has 0 saturated carbocycles. The molecule has 4 heteroatoms. The number of rotatable bonds is 4. The Kier molecular flexibility index (Phi) is 4.09. The van der Waals surface area contributed by atoms with E-state index in [4.69, 9.17) is 4.74 Å². The summed E-state index contributed by atoms with van der Waals surface area (Å²) in [6.07, 6.45) is 0.342. The maximum Gasteiger partial charge on any atom is 0.310 e. The molecule has 4 aromatic rings. The number of phenols is 1. The Bertz CT molecular complexity index is 1090. The molecule has 0 spiro atoms. The van der Waals surface area contributed by atoms with E-state index in [1.807, 2.05) is 42.5 Å². The van der Waals surface area contributed by atoms with Crippen LogP contribution in [0, 0.1) is 0 Å². The summed E-state index contributed by atoms with van der Waals surface area (Å²) in [5, 5.41) is 11.8. The lowest BCUT2D eigenvalue weighted by atomic mass is 10.1. The van der Waals surface area contributed by atoms with Gasteiger partial charge in [0.2, 0.25) is 0 Å². The van der Waals surface area contributed by atoms with Gasteiger partial charge in [-0.25, -0.2) is 0 Å². The number of aromatic hydroxyl groups is 1. The fourth-order valence-corrected chi connectivity index (χ4v) is 3.25. The Morgan fingerprint density at radius 2 is 1.69 bits per heavy atom. The van der Waals surface area contributed by atoms with E-state index in [0.29, 0.717) is 18.7 Å². The molecule has 4 rings (SSSR count). The molecule has 1 aromatic heterocycles. The summed E-state index contributed by atoms with van der Waals surface area (Å²) in [5.41, 5.74) is 3.22. The van der Waals surface area contributed by atoms with Crippen LogP contribution in [0.4, 0.5) is 0 Å². The second-order valence-electron chi connectivity index (χ2n) is 6.28. The molecule has 0 aliphatic carbocycles. The average molecular weight is 345 g/mol. The maximum atomic E-state index is 11.6. The maximum absolute atomic E-state index is 11.6. The van der Waals surface area contributed by atoms with Crippen LogP contribution < -0.4 is 4.74 Å². The van der Waals surface area contributed by atoms with Crippen molar-refractivity contribution in [2.75, 3.05) is 0 Å². The highest BCUT2D eigenvalue weighted by Crippen LogP contribution is 2.32. The molecule has 0 aliphatic rings. The Labute approximate surface area is 151 Å². The van der Waals surface area contributed by atoms with Crippen molar-refractivity contribution < 1.29 is 14.6 Å². The summed E-state index contributed by atoms with van der Waals surface area (Å²) in [6.45, 7) is 2.44. The molecule has 0 amide bonds. The number of aromatic nitrogens is 1. The highest BCUT2D eigenvalue weighted by Gasteiger charge is 2.12. The van der Waals surface area contributed by atoms with Gasteiger partial charge in [-0.1, -0.05) is 37.3 Å². The first kappa shape index (κ1) is 16.2. The molecule has 0 fully saturated rings. The van der Waals surface area contributed by atoms with Gasteiger partial charge < -0.3 is 14.4 Å². The number of fused-ring (bicyclic) bond motifs is 3. The van der Waals surface area contributed by atoms with Crippen LogP contribution in [0.2, 0.25) is 0 Å². The van der Waals surface area contributed by atoms with Crippen LogP contribution in [0.25, 0.3) is 21.8 Å². The summed E-state index contributed by atoms with van der Waals surface area (Å²) in [5.74, 6) is 0.564. The molecule has 1 heterocycles. The third-order valence-corrected chi connectivity index (χ3v) is 4.54. The van der Waals surface area contributed by atoms with E-state index in [-0.39, 0.29) is 11.7 Å². The van der Waals surface area contributed by atoms with Crippen molar-refractivity contribution in [2.45, 2.75) is 19.9 Å². The fourth-order valence-electron chi connectivity index (χ4n) is 3.25. The van der Waals surface area contributed by atoms with Gasteiger partial charge in [-0.3, -0.25) is 4.79 Å². The fraction of sp³-hybridized carbons (Fsp3) is 0.136. The molecule has 3 aromatic carbocycles. The van der Waals surface area contributed by atoms with Gasteiger partial charge in [0, 0.05) is 35.3 Å². The summed E-state index contributed by atoms with van der Waals surface area (Å²) in [4.78, 5) is 11.6. The second kappa shape index (κ2) is 6.56. The summed E-state index contributed by atoms with van der Waals surface area (Å²) >= 11 is 0. The first-order chi connectivity index (χ1) is 12.7. The van der Waals surface area contributed by atoms with E-state index in [1.54, 1.807) is 19.1 Å². The molecular formula is C22H19NO3. The summed E-state index contributed by atoms with van der Waals surface area (Å²) in [7, 11) is 0. The van der Waals surface area contributed by atoms with Crippen LogP contribution in [0.1, 0.15) is 18.9 Å². The van der Waals surface area contributed by atoms with Gasteiger partial charge in [-0.05, 0) is 35.9 Å². The Morgan fingerprint density at radius 1 is 0.962 bits per heavy atom. The van der Waals surface area contributed by atoms with Gasteiger partial charge in [0.25, 0.3) is 0 Å². The molecule has 0 atom stereocenters. The number of phenolic OH excluding ortho intramolecular Hbond substituents is 1. The lowest BCUT2D eigenvalue weighted by Crippen LogP contribution is -2.05. The van der Waals surface area contributed by atoms with Crippen LogP contribution in [0.3, 0.4) is 0 Å². The number of carbonyl (C=O) groups excluding carboxylic acids is 1. The largest absolute Gasteiger partial charge is 0.508 e. The zero-order valence-electron chi connectivity index (χ0n) is 14.5. The lowest BCUT2D eigenvalue weighted by Gasteiger charge is -2.09. The minimum atomic E-state index is -0.245. The van der Waals surface area contributed by atoms with Crippen molar-refractivity contribution in [3.63, 3.8) is 0 Å². The Balaban J connectivity index is 1.87. The van der Waals surface area contributed by atoms with Gasteiger partial charge in [-0.2, -0.15) is 0 Å². The molecule has 0 bridgehead atoms. The van der Waals surface area contributed by atoms with Gasteiger partial charge in [0.1, 0.15) is 11.5 Å². The first-order valence-corrected chi connectivity index (χ1v) is 8.65. The average Bonchev–Trinajstić information content (AvgIpc) is 2.97. The van der Waals surface area contributed by atoms with Gasteiger partial charge in [0.05, 0.1) is 5.52 Å². The van der Waals surface area contributed by atoms with Crippen molar-refractivity contribution in [1.29, 1.82) is 0 Å². The highest BCUT2D eigenvalue weighted by atomic mass is 16.5. The van der Waals surface area contributed by atoms with Crippen LogP contribution in [0.5, 0.6) is 11.5 Å². The van der Waals surface area contributed by atoms with Crippen LogP contribution in [0.15, 0.2) is 66.7 Å². The lowest BCUT2D eigenvalue weighted by molar-refractivity contribution is -0.134. The SMILES string of the molecule is CCC(=O)Oc1ccc2c3ccccc3n(Cc3ccc(O)cc3)c2c1. The predicted molar refractivity (Wildman–Crippen MR) is 103 cm³/mol. The third-order valence-electron chi connectivity index (χ3n) is 4.54. The third kappa shape index (κ3) is 2.90. The van der Waals surface area contributed by atoms with Crippen molar-refractivity contribution in [3.05, 3.63) is 72.3 Å². The predicted octanol–water partition coefficient (Wildman–Crippen LogP) is 4.86. The quantitative estimate of drug-likeness (QED) is 0.424. The van der Waals surface area contributed by atoms with Crippen LogP contribution in [-0.2, 0) is 11.3 Å². The van der Waals surface area contributed by atoms with Gasteiger partial charge in [-0.15, -0.1) is 0 Å². The normalized spacial score (nSPS) is 11.1. The number of ether oxygens (including phenoxy) is 1. The van der Waals surface area contributed by atoms with Crippen molar-refractivity contribution >= 4 is 27.8 Å². The molecule has 26 heavy (non-hydrogen) atoms. The van der Waals surface area contributed by atoms with Gasteiger partial charge >= 0.3 is 5.97 Å². The second-order valence-corrected chi connectivity index (χ2v) is 6.28. The zero-order chi connectivity index (χ0) is 18.1. The number of carbonyl (C=O) groups is 1. The molecule has 4 nitrogen and oxygen atoms in total. The topological polar surface area (TPSA) is 51.5 Å². The van der Waals surface area contributed by atoms with Crippen molar-refractivity contribution in [1.82, 2.24) is 4.57 Å². The monoisotopic (exact) mass is 345 g/mol. The van der Waals surface area contributed by atoms with E-state index in [2.05, 4.69) is 16.7 Å². The number of hydrogen-bond acceptors (Lipinski definition) is 3. The van der Waals surface area contributed by atoms with E-state index in [1.165, 1.54) is 0 Å². The molecule has 0 saturated heterocycles. The number of hydrogen-bond donors (Lipinski definition) is 1. The number of esters is 1. The van der Waals surface area contributed by atoms with Gasteiger partial charge in [0.15, 0.2) is 0 Å².